The molecule has 2 saturated carbocycles. The summed E-state index contributed by atoms with van der Waals surface area (Å²) in [6.45, 7) is 5.96. The first-order chi connectivity index (χ1) is 10.6. The van der Waals surface area contributed by atoms with E-state index in [1.807, 2.05) is 0 Å². The zero-order valence-electron chi connectivity index (χ0n) is 13.9. The number of likely N-dealkylation sites (N-methyl/N-ethyl adjacent to an activating group) is 1. The van der Waals surface area contributed by atoms with Crippen molar-refractivity contribution in [2.45, 2.75) is 37.9 Å². The summed E-state index contributed by atoms with van der Waals surface area (Å²) in [7, 11) is 2.18. The topological polar surface area (TPSA) is 47.9 Å². The molecule has 2 aliphatic carbocycles. The molecule has 0 radical (unpaired) electrons. The first-order valence-corrected chi connectivity index (χ1v) is 8.93. The predicted molar refractivity (Wildman–Crippen MR) is 83.6 cm³/mol. The van der Waals surface area contributed by atoms with Gasteiger partial charge >= 0.3 is 0 Å². The third-order valence-corrected chi connectivity index (χ3v) is 5.75. The van der Waals surface area contributed by atoms with E-state index in [1.165, 1.54) is 25.7 Å². The minimum absolute atomic E-state index is 0.398. The highest BCUT2D eigenvalue weighted by Gasteiger charge is 2.40. The number of quaternary nitrogens is 1. The Balaban J connectivity index is 1.24. The van der Waals surface area contributed by atoms with Gasteiger partial charge in [0.25, 0.3) is 0 Å². The van der Waals surface area contributed by atoms with Gasteiger partial charge in [-0.05, 0) is 37.5 Å². The van der Waals surface area contributed by atoms with Crippen molar-refractivity contribution in [2.24, 2.45) is 11.8 Å². The van der Waals surface area contributed by atoms with E-state index in [2.05, 4.69) is 7.05 Å². The first-order valence-electron chi connectivity index (χ1n) is 8.93. The Labute approximate surface area is 134 Å². The lowest BCUT2D eigenvalue weighted by atomic mass is 9.98. The molecule has 1 N–H and O–H groups in total. The van der Waals surface area contributed by atoms with Crippen LogP contribution in [0.2, 0.25) is 0 Å². The molecule has 0 aromatic heterocycles. The quantitative estimate of drug-likeness (QED) is 0.537. The number of aliphatic hydroxyl groups is 1. The largest absolute Gasteiger partial charge is 0.385 e. The van der Waals surface area contributed by atoms with Crippen molar-refractivity contribution in [2.75, 3.05) is 59.7 Å². The zero-order chi connectivity index (χ0) is 15.4. The van der Waals surface area contributed by atoms with Crippen LogP contribution in [-0.4, -0.2) is 81.5 Å². The summed E-state index contributed by atoms with van der Waals surface area (Å²) in [5.41, 5.74) is 0. The minimum atomic E-state index is -0.398. The molecule has 0 spiro atoms. The fourth-order valence-corrected chi connectivity index (χ4v) is 4.40. The van der Waals surface area contributed by atoms with Crippen LogP contribution >= 0.6 is 0 Å². The molecule has 0 unspecified atom stereocenters. The highest BCUT2D eigenvalue weighted by atomic mass is 16.5. The molecule has 1 saturated heterocycles. The lowest BCUT2D eigenvalue weighted by molar-refractivity contribution is -0.919. The fourth-order valence-electron chi connectivity index (χ4n) is 4.40. The van der Waals surface area contributed by atoms with E-state index in [-0.39, 0.29) is 0 Å². The molecule has 3 aliphatic rings. The van der Waals surface area contributed by atoms with Gasteiger partial charge in [-0.2, -0.15) is 0 Å². The molecule has 3 fully saturated rings. The van der Waals surface area contributed by atoms with Gasteiger partial charge in [0, 0.05) is 0 Å². The summed E-state index contributed by atoms with van der Waals surface area (Å²) in [4.78, 5) is 0. The van der Waals surface area contributed by atoms with Gasteiger partial charge in [0.2, 0.25) is 0 Å². The maximum Gasteiger partial charge on any atom is 0.126 e. The number of morpholine rings is 1. The maximum absolute atomic E-state index is 10.1. The summed E-state index contributed by atoms with van der Waals surface area (Å²) in [5.74, 6) is 1.73. The van der Waals surface area contributed by atoms with E-state index in [0.717, 1.165) is 49.2 Å². The summed E-state index contributed by atoms with van der Waals surface area (Å²) in [5, 5.41) is 10.1. The van der Waals surface area contributed by atoms with Crippen molar-refractivity contribution in [1.82, 2.24) is 0 Å². The molecule has 0 aromatic carbocycles. The number of nitrogens with zero attached hydrogens (tertiary/aromatic N) is 1. The van der Waals surface area contributed by atoms with Crippen LogP contribution < -0.4 is 0 Å². The molecule has 128 valence electrons. The van der Waals surface area contributed by atoms with E-state index in [4.69, 9.17) is 14.2 Å². The molecule has 4 atom stereocenters. The Morgan fingerprint density at radius 2 is 2.00 bits per heavy atom. The third-order valence-electron chi connectivity index (χ3n) is 5.75. The number of hydrogen-bond acceptors (Lipinski definition) is 4. The molecule has 0 aromatic rings. The Bertz CT molecular complexity index is 346. The second-order valence-electron chi connectivity index (χ2n) is 7.67. The van der Waals surface area contributed by atoms with Gasteiger partial charge in [0.1, 0.15) is 25.7 Å². The SMILES string of the molecule is C[N+]1(C[C@H](O)COCCO[C@@H]2C[C@@H]3CC[C@@H]2C3)CCOCC1. The van der Waals surface area contributed by atoms with E-state index in [1.54, 1.807) is 0 Å². The molecule has 0 amide bonds. The molecule has 2 bridgehead atoms. The zero-order valence-corrected chi connectivity index (χ0v) is 13.9. The molecule has 5 heteroatoms. The van der Waals surface area contributed by atoms with Crippen LogP contribution in [0.15, 0.2) is 0 Å². The maximum atomic E-state index is 10.1. The van der Waals surface area contributed by atoms with Crippen LogP contribution in [0, 0.1) is 11.8 Å². The van der Waals surface area contributed by atoms with E-state index < -0.39 is 6.10 Å². The highest BCUT2D eigenvalue weighted by Crippen LogP contribution is 2.45. The molecule has 5 nitrogen and oxygen atoms in total. The minimum Gasteiger partial charge on any atom is -0.385 e. The average molecular weight is 314 g/mol. The molecule has 22 heavy (non-hydrogen) atoms. The Hall–Kier alpha value is -0.200. The monoisotopic (exact) mass is 314 g/mol. The smallest absolute Gasteiger partial charge is 0.126 e. The lowest BCUT2D eigenvalue weighted by Gasteiger charge is -2.38. The molecule has 1 aliphatic heterocycles. The molecule has 3 rings (SSSR count). The van der Waals surface area contributed by atoms with Gasteiger partial charge in [0.15, 0.2) is 0 Å². The first kappa shape index (κ1) is 16.7. The van der Waals surface area contributed by atoms with E-state index in [0.29, 0.717) is 25.9 Å². The van der Waals surface area contributed by atoms with Crippen LogP contribution in [0.25, 0.3) is 0 Å². The second-order valence-corrected chi connectivity index (χ2v) is 7.67. The summed E-state index contributed by atoms with van der Waals surface area (Å²) in [6.07, 6.45) is 5.48. The molecule has 1 heterocycles. The number of fused-ring (bicyclic) bond motifs is 2. The van der Waals surface area contributed by atoms with Gasteiger partial charge in [0.05, 0.1) is 46.2 Å². The number of rotatable bonds is 8. The molecular weight excluding hydrogens is 282 g/mol. The van der Waals surface area contributed by atoms with Gasteiger partial charge in [-0.3, -0.25) is 0 Å². The Morgan fingerprint density at radius 3 is 2.68 bits per heavy atom. The lowest BCUT2D eigenvalue weighted by Crippen LogP contribution is -2.55. The predicted octanol–water partition coefficient (Wildman–Crippen LogP) is 1.05. The van der Waals surface area contributed by atoms with Crippen LogP contribution in [0.3, 0.4) is 0 Å². The summed E-state index contributed by atoms with van der Waals surface area (Å²) >= 11 is 0. The van der Waals surface area contributed by atoms with Crippen molar-refractivity contribution in [3.8, 4) is 0 Å². The Morgan fingerprint density at radius 1 is 1.18 bits per heavy atom. The average Bonchev–Trinajstić information content (AvgIpc) is 3.09. The van der Waals surface area contributed by atoms with Crippen LogP contribution in [0.1, 0.15) is 25.7 Å². The van der Waals surface area contributed by atoms with Crippen molar-refractivity contribution in [3.05, 3.63) is 0 Å². The fraction of sp³-hybridized carbons (Fsp3) is 1.00. The Kier molecular flexibility index (Phi) is 5.74. The van der Waals surface area contributed by atoms with Gasteiger partial charge in [-0.15, -0.1) is 0 Å². The summed E-state index contributed by atoms with van der Waals surface area (Å²) in [6, 6.07) is 0. The number of aliphatic hydroxyl groups excluding tert-OH is 1. The van der Waals surface area contributed by atoms with Crippen molar-refractivity contribution < 1.29 is 23.8 Å². The summed E-state index contributed by atoms with van der Waals surface area (Å²) < 4.78 is 17.8. The van der Waals surface area contributed by atoms with E-state index >= 15 is 0 Å². The van der Waals surface area contributed by atoms with Crippen molar-refractivity contribution >= 4 is 0 Å². The van der Waals surface area contributed by atoms with E-state index in [9.17, 15) is 5.11 Å². The van der Waals surface area contributed by atoms with Crippen LogP contribution in [-0.2, 0) is 14.2 Å². The van der Waals surface area contributed by atoms with Gasteiger partial charge in [-0.25, -0.2) is 0 Å². The van der Waals surface area contributed by atoms with Crippen molar-refractivity contribution in [3.63, 3.8) is 0 Å². The number of hydrogen-bond donors (Lipinski definition) is 1. The molecular formula is C17H32NO4+. The van der Waals surface area contributed by atoms with Crippen LogP contribution in [0.5, 0.6) is 0 Å². The van der Waals surface area contributed by atoms with Gasteiger partial charge < -0.3 is 23.8 Å². The number of ether oxygens (including phenoxy) is 3. The highest BCUT2D eigenvalue weighted by molar-refractivity contribution is 4.90. The normalized spacial score (nSPS) is 34.9. The van der Waals surface area contributed by atoms with Gasteiger partial charge in [-0.1, -0.05) is 0 Å². The van der Waals surface area contributed by atoms with Crippen molar-refractivity contribution in [1.29, 1.82) is 0 Å². The van der Waals surface area contributed by atoms with Crippen LogP contribution in [0.4, 0.5) is 0 Å². The third kappa shape index (κ3) is 4.42. The second kappa shape index (κ2) is 7.58. The standard InChI is InChI=1S/C17H32NO4/c1-18(4-6-20-7-5-18)12-16(19)13-21-8-9-22-17-11-14-2-3-15(17)10-14/h14-17,19H,2-13H2,1H3/q+1/t14-,15-,16+,17-/m1/s1.